The van der Waals surface area contributed by atoms with Crippen LogP contribution in [0, 0.1) is 0 Å². The highest BCUT2D eigenvalue weighted by Gasteiger charge is 2.17. The molecule has 0 atom stereocenters. The van der Waals surface area contributed by atoms with Gasteiger partial charge < -0.3 is 0 Å². The molecule has 3 aromatic carbocycles. The number of aromatic nitrogens is 3. The third kappa shape index (κ3) is 1.98. The molecule has 31 heavy (non-hydrogen) atoms. The van der Waals surface area contributed by atoms with Crippen LogP contribution in [0.25, 0.3) is 67.7 Å². The number of hydrogen-bond donors (Lipinski definition) is 0. The van der Waals surface area contributed by atoms with Gasteiger partial charge in [-0.25, -0.2) is 4.98 Å². The topological polar surface area (TPSA) is 30.2 Å². The van der Waals surface area contributed by atoms with E-state index < -0.39 is 0 Å². The quantitative estimate of drug-likeness (QED) is 0.230. The largest absolute Gasteiger partial charge is 0.298 e. The van der Waals surface area contributed by atoms with Gasteiger partial charge in [-0.3, -0.25) is 9.38 Å². The third-order valence-corrected chi connectivity index (χ3v) is 8.59. The molecule has 0 fully saturated rings. The van der Waals surface area contributed by atoms with E-state index >= 15 is 0 Å². The monoisotopic (exact) mass is 431 g/mol. The van der Waals surface area contributed by atoms with Crippen LogP contribution in [0.4, 0.5) is 0 Å². The van der Waals surface area contributed by atoms with Gasteiger partial charge in [-0.05, 0) is 35.7 Å². The minimum atomic E-state index is 0.963. The summed E-state index contributed by atoms with van der Waals surface area (Å²) in [6.45, 7) is 0. The summed E-state index contributed by atoms with van der Waals surface area (Å²) in [5, 5.41) is 8.88. The highest BCUT2D eigenvalue weighted by molar-refractivity contribution is 7.27. The Morgan fingerprint density at radius 3 is 2.52 bits per heavy atom. The third-order valence-electron chi connectivity index (χ3n) is 6.34. The molecule has 0 bridgehead atoms. The number of hydrogen-bond acceptors (Lipinski definition) is 4. The maximum Gasteiger partial charge on any atom is 0.146 e. The second kappa shape index (κ2) is 5.58. The molecule has 8 rings (SSSR count). The van der Waals surface area contributed by atoms with Crippen molar-refractivity contribution in [2.75, 3.05) is 0 Å². The number of imidazole rings is 1. The molecule has 0 N–H and O–H groups in total. The molecule has 3 nitrogen and oxygen atoms in total. The minimum absolute atomic E-state index is 0.963. The van der Waals surface area contributed by atoms with Crippen LogP contribution in [0.15, 0.2) is 79.4 Å². The lowest BCUT2D eigenvalue weighted by molar-refractivity contribution is 1.27. The second-order valence-electron chi connectivity index (χ2n) is 7.92. The molecular weight excluding hydrogens is 418 g/mol. The van der Waals surface area contributed by atoms with Crippen molar-refractivity contribution in [2.24, 2.45) is 0 Å². The van der Waals surface area contributed by atoms with Crippen molar-refractivity contribution in [3.05, 3.63) is 79.4 Å². The van der Waals surface area contributed by atoms with Crippen LogP contribution in [-0.2, 0) is 0 Å². The predicted molar refractivity (Wildman–Crippen MR) is 134 cm³/mol. The maximum absolute atomic E-state index is 4.68. The molecule has 0 radical (unpaired) electrons. The first-order valence-corrected chi connectivity index (χ1v) is 11.8. The first kappa shape index (κ1) is 16.2. The lowest BCUT2D eigenvalue weighted by atomic mass is 10.0. The Hall–Kier alpha value is -3.54. The Morgan fingerprint density at radius 1 is 0.645 bits per heavy atom. The number of pyridine rings is 2. The zero-order chi connectivity index (χ0) is 20.1. The van der Waals surface area contributed by atoms with Crippen LogP contribution < -0.4 is 0 Å². The molecule has 5 heterocycles. The smallest absolute Gasteiger partial charge is 0.146 e. The van der Waals surface area contributed by atoms with Crippen LogP contribution in [0.1, 0.15) is 0 Å². The van der Waals surface area contributed by atoms with E-state index in [9.17, 15) is 0 Å². The zero-order valence-electron chi connectivity index (χ0n) is 16.2. The van der Waals surface area contributed by atoms with E-state index in [-0.39, 0.29) is 0 Å². The van der Waals surface area contributed by atoms with Gasteiger partial charge >= 0.3 is 0 Å². The Balaban J connectivity index is 1.66. The Bertz CT molecular complexity index is 2010. The molecule has 8 aromatic rings. The highest BCUT2D eigenvalue weighted by atomic mass is 32.1. The summed E-state index contributed by atoms with van der Waals surface area (Å²) in [6, 6.07) is 20.1. The molecule has 0 aliphatic heterocycles. The van der Waals surface area contributed by atoms with E-state index in [1.807, 2.05) is 41.3 Å². The molecule has 0 unspecified atom stereocenters. The van der Waals surface area contributed by atoms with E-state index in [4.69, 9.17) is 0 Å². The Kier molecular flexibility index (Phi) is 2.91. The highest BCUT2D eigenvalue weighted by Crippen LogP contribution is 2.44. The van der Waals surface area contributed by atoms with Gasteiger partial charge in [-0.2, -0.15) is 0 Å². The van der Waals surface area contributed by atoms with Gasteiger partial charge in [-0.15, -0.1) is 22.7 Å². The Morgan fingerprint density at radius 2 is 1.52 bits per heavy atom. The van der Waals surface area contributed by atoms with Crippen molar-refractivity contribution in [3.8, 4) is 0 Å². The summed E-state index contributed by atoms with van der Waals surface area (Å²) in [4.78, 5) is 9.03. The van der Waals surface area contributed by atoms with Gasteiger partial charge in [0.2, 0.25) is 0 Å². The summed E-state index contributed by atoms with van der Waals surface area (Å²) in [7, 11) is 0. The van der Waals surface area contributed by atoms with Crippen molar-refractivity contribution in [1.82, 2.24) is 14.4 Å². The number of benzene rings is 3. The SMILES string of the molecule is c1ccc2c(c1)sc1cc3c(cc12)sc1ccc2c4ccncc4c4nccn4c2c13. The molecule has 5 aromatic heterocycles. The number of nitrogens with zero attached hydrogens (tertiary/aromatic N) is 3. The summed E-state index contributed by atoms with van der Waals surface area (Å²) in [5.74, 6) is 0. The van der Waals surface area contributed by atoms with Crippen molar-refractivity contribution in [3.63, 3.8) is 0 Å². The standard InChI is InChI=1S/C26H13N3S2/c1-2-4-20-15(3-1)17-11-23-18(12-22(17)30-20)24-21(31-23)6-5-16-14-7-8-27-13-19(14)26-28-9-10-29(26)25(16)24/h1-13H. The molecular formula is C26H13N3S2. The van der Waals surface area contributed by atoms with Crippen molar-refractivity contribution < 1.29 is 0 Å². The minimum Gasteiger partial charge on any atom is -0.298 e. The molecule has 0 aliphatic carbocycles. The number of thiophene rings is 2. The lowest BCUT2D eigenvalue weighted by Crippen LogP contribution is -1.91. The first-order valence-electron chi connectivity index (χ1n) is 10.2. The van der Waals surface area contributed by atoms with Gasteiger partial charge in [0.1, 0.15) is 5.65 Å². The summed E-state index contributed by atoms with van der Waals surface area (Å²) in [6.07, 6.45) is 7.76. The van der Waals surface area contributed by atoms with Gasteiger partial charge in [0.05, 0.1) is 5.52 Å². The summed E-state index contributed by atoms with van der Waals surface area (Å²) < 4.78 is 7.58. The van der Waals surface area contributed by atoms with Crippen molar-refractivity contribution >= 4 is 90.3 Å². The van der Waals surface area contributed by atoms with Crippen LogP contribution in [0.5, 0.6) is 0 Å². The number of fused-ring (bicyclic) bond motifs is 13. The molecule has 0 spiro atoms. The number of rotatable bonds is 0. The molecule has 5 heteroatoms. The van der Waals surface area contributed by atoms with E-state index in [0.717, 1.165) is 11.0 Å². The molecule has 0 aliphatic rings. The van der Waals surface area contributed by atoms with Crippen LogP contribution >= 0.6 is 22.7 Å². The van der Waals surface area contributed by atoms with E-state index in [0.29, 0.717) is 0 Å². The van der Waals surface area contributed by atoms with E-state index in [1.165, 1.54) is 56.6 Å². The van der Waals surface area contributed by atoms with Crippen molar-refractivity contribution in [2.45, 2.75) is 0 Å². The predicted octanol–water partition coefficient (Wildman–Crippen LogP) is 7.77. The van der Waals surface area contributed by atoms with Crippen molar-refractivity contribution in [1.29, 1.82) is 0 Å². The normalized spacial score (nSPS) is 12.5. The van der Waals surface area contributed by atoms with Crippen LogP contribution in [0.2, 0.25) is 0 Å². The average Bonchev–Trinajstić information content (AvgIpc) is 3.52. The van der Waals surface area contributed by atoms with Crippen LogP contribution in [-0.4, -0.2) is 14.4 Å². The Labute approximate surface area is 183 Å². The van der Waals surface area contributed by atoms with Crippen LogP contribution in [0.3, 0.4) is 0 Å². The van der Waals surface area contributed by atoms with E-state index in [1.54, 1.807) is 0 Å². The molecule has 0 amide bonds. The second-order valence-corrected chi connectivity index (χ2v) is 10.1. The molecule has 0 saturated heterocycles. The summed E-state index contributed by atoms with van der Waals surface area (Å²) >= 11 is 3.76. The molecule has 144 valence electrons. The fraction of sp³-hybridized carbons (Fsp3) is 0. The van der Waals surface area contributed by atoms with Gasteiger partial charge in [0.25, 0.3) is 0 Å². The fourth-order valence-electron chi connectivity index (χ4n) is 5.03. The van der Waals surface area contributed by atoms with Gasteiger partial charge in [0.15, 0.2) is 0 Å². The van der Waals surface area contributed by atoms with Gasteiger partial charge in [0, 0.05) is 75.9 Å². The first-order chi connectivity index (χ1) is 15.4. The summed E-state index contributed by atoms with van der Waals surface area (Å²) in [5.41, 5.74) is 2.20. The van der Waals surface area contributed by atoms with E-state index in [2.05, 4.69) is 75.2 Å². The lowest BCUT2D eigenvalue weighted by Gasteiger charge is -2.09. The van der Waals surface area contributed by atoms with Gasteiger partial charge in [-0.1, -0.05) is 24.3 Å². The average molecular weight is 432 g/mol. The zero-order valence-corrected chi connectivity index (χ0v) is 17.8. The fourth-order valence-corrected chi connectivity index (χ4v) is 7.28. The maximum atomic E-state index is 4.68. The molecule has 0 saturated carbocycles.